The number of aromatic nitrogens is 3. The van der Waals surface area contributed by atoms with Crippen molar-refractivity contribution in [1.29, 1.82) is 0 Å². The van der Waals surface area contributed by atoms with Crippen LogP contribution in [0.15, 0.2) is 18.2 Å². The largest absolute Gasteiger partial charge is 0.486 e. The monoisotopic (exact) mass is 293 g/mol. The first-order valence-electron chi connectivity index (χ1n) is 6.73. The molecule has 106 valence electrons. The highest BCUT2D eigenvalue weighted by atomic mass is 35.5. The summed E-state index contributed by atoms with van der Waals surface area (Å²) in [6.07, 6.45) is 1.91. The van der Waals surface area contributed by atoms with Crippen LogP contribution in [0.25, 0.3) is 5.69 Å². The van der Waals surface area contributed by atoms with Gasteiger partial charge in [0.2, 0.25) is 0 Å². The molecular weight excluding hydrogens is 278 g/mol. The number of hydrogen-bond donors (Lipinski definition) is 0. The van der Waals surface area contributed by atoms with Crippen molar-refractivity contribution in [2.75, 3.05) is 13.2 Å². The Hall–Kier alpha value is -1.75. The minimum absolute atomic E-state index is 0.375. The number of ether oxygens (including phenoxy) is 2. The molecule has 0 spiro atoms. The topological polar surface area (TPSA) is 49.2 Å². The van der Waals surface area contributed by atoms with Crippen LogP contribution < -0.4 is 9.47 Å². The summed E-state index contributed by atoms with van der Waals surface area (Å²) < 4.78 is 13.0. The highest BCUT2D eigenvalue weighted by molar-refractivity contribution is 6.16. The first-order chi connectivity index (χ1) is 9.83. The summed E-state index contributed by atoms with van der Waals surface area (Å²) in [5.74, 6) is 1.90. The molecule has 1 aliphatic rings. The molecule has 3 rings (SSSR count). The second-order valence-electron chi connectivity index (χ2n) is 4.61. The van der Waals surface area contributed by atoms with E-state index in [4.69, 9.17) is 21.1 Å². The Bertz CT molecular complexity index is 612. The predicted molar refractivity (Wildman–Crippen MR) is 75.9 cm³/mol. The standard InChI is InChI=1S/C14H16ClN3O2/c1-2-3-12-11(9-15)16-17-18(12)10-4-5-13-14(8-10)20-7-6-19-13/h4-5,8H,2-3,6-7,9H2,1H3. The van der Waals surface area contributed by atoms with E-state index in [1.54, 1.807) is 0 Å². The Kier molecular flexibility index (Phi) is 3.78. The van der Waals surface area contributed by atoms with Crippen molar-refractivity contribution in [3.63, 3.8) is 0 Å². The van der Waals surface area contributed by atoms with Crippen molar-refractivity contribution in [2.45, 2.75) is 25.6 Å². The van der Waals surface area contributed by atoms with Crippen molar-refractivity contribution < 1.29 is 9.47 Å². The second-order valence-corrected chi connectivity index (χ2v) is 4.87. The Morgan fingerprint density at radius 3 is 2.80 bits per heavy atom. The number of benzene rings is 1. The zero-order valence-corrected chi connectivity index (χ0v) is 12.1. The SMILES string of the molecule is CCCc1c(CCl)nnn1-c1ccc2c(c1)OCCO2. The van der Waals surface area contributed by atoms with Gasteiger partial charge in [0.1, 0.15) is 18.9 Å². The maximum absolute atomic E-state index is 5.92. The Balaban J connectivity index is 2.02. The van der Waals surface area contributed by atoms with Crippen LogP contribution >= 0.6 is 11.6 Å². The van der Waals surface area contributed by atoms with E-state index in [9.17, 15) is 0 Å². The van der Waals surface area contributed by atoms with Crippen LogP contribution in [0.1, 0.15) is 24.7 Å². The molecule has 0 atom stereocenters. The van der Waals surface area contributed by atoms with Gasteiger partial charge < -0.3 is 9.47 Å². The summed E-state index contributed by atoms with van der Waals surface area (Å²) in [6.45, 7) is 3.29. The van der Waals surface area contributed by atoms with Gasteiger partial charge in [0.15, 0.2) is 11.5 Å². The summed E-state index contributed by atoms with van der Waals surface area (Å²) in [6, 6.07) is 5.79. The molecule has 0 saturated heterocycles. The molecule has 1 aromatic heterocycles. The maximum atomic E-state index is 5.92. The van der Waals surface area contributed by atoms with Crippen LogP contribution in [0.2, 0.25) is 0 Å². The van der Waals surface area contributed by atoms with Crippen LogP contribution in [0.3, 0.4) is 0 Å². The summed E-state index contributed by atoms with van der Waals surface area (Å²) >= 11 is 5.92. The number of alkyl halides is 1. The smallest absolute Gasteiger partial charge is 0.163 e. The second kappa shape index (κ2) is 5.71. The molecule has 1 aromatic carbocycles. The fourth-order valence-corrected chi connectivity index (χ4v) is 2.50. The minimum atomic E-state index is 0.375. The molecule has 0 aliphatic carbocycles. The van der Waals surface area contributed by atoms with E-state index in [1.165, 1.54) is 0 Å². The molecule has 0 N–H and O–H groups in total. The van der Waals surface area contributed by atoms with E-state index < -0.39 is 0 Å². The van der Waals surface area contributed by atoms with E-state index >= 15 is 0 Å². The first-order valence-corrected chi connectivity index (χ1v) is 7.26. The van der Waals surface area contributed by atoms with Gasteiger partial charge in [-0.15, -0.1) is 16.7 Å². The van der Waals surface area contributed by atoms with Crippen LogP contribution in [-0.2, 0) is 12.3 Å². The lowest BCUT2D eigenvalue weighted by Crippen LogP contribution is -2.15. The minimum Gasteiger partial charge on any atom is -0.486 e. The molecule has 0 fully saturated rings. The van der Waals surface area contributed by atoms with Crippen LogP contribution in [0.5, 0.6) is 11.5 Å². The highest BCUT2D eigenvalue weighted by Gasteiger charge is 2.16. The molecule has 0 amide bonds. The van der Waals surface area contributed by atoms with Gasteiger partial charge in [0, 0.05) is 6.07 Å². The van der Waals surface area contributed by atoms with Crippen molar-refractivity contribution in [1.82, 2.24) is 15.0 Å². The number of fused-ring (bicyclic) bond motifs is 1. The third kappa shape index (κ3) is 2.33. The molecule has 0 saturated carbocycles. The van der Waals surface area contributed by atoms with E-state index in [0.29, 0.717) is 19.1 Å². The average Bonchev–Trinajstić information content (AvgIpc) is 2.90. The lowest BCUT2D eigenvalue weighted by atomic mass is 10.2. The third-order valence-corrected chi connectivity index (χ3v) is 3.48. The number of halogens is 1. The van der Waals surface area contributed by atoms with Crippen LogP contribution in [-0.4, -0.2) is 28.2 Å². The van der Waals surface area contributed by atoms with E-state index in [2.05, 4.69) is 17.2 Å². The molecule has 0 bridgehead atoms. The Labute approximate surface area is 122 Å². The van der Waals surface area contributed by atoms with Crippen LogP contribution in [0, 0.1) is 0 Å². The zero-order chi connectivity index (χ0) is 13.9. The summed E-state index contributed by atoms with van der Waals surface area (Å²) in [4.78, 5) is 0. The van der Waals surface area contributed by atoms with Gasteiger partial charge in [-0.3, -0.25) is 0 Å². The lowest BCUT2D eigenvalue weighted by molar-refractivity contribution is 0.171. The quantitative estimate of drug-likeness (QED) is 0.813. The summed E-state index contributed by atoms with van der Waals surface area (Å²) in [7, 11) is 0. The fraction of sp³-hybridized carbons (Fsp3) is 0.429. The van der Waals surface area contributed by atoms with Gasteiger partial charge in [0.25, 0.3) is 0 Å². The lowest BCUT2D eigenvalue weighted by Gasteiger charge is -2.19. The number of hydrogen-bond acceptors (Lipinski definition) is 4. The molecule has 0 radical (unpaired) electrons. The van der Waals surface area contributed by atoms with Gasteiger partial charge in [0.05, 0.1) is 17.3 Å². The summed E-state index contributed by atoms with van der Waals surface area (Å²) in [5.41, 5.74) is 2.81. The third-order valence-electron chi connectivity index (χ3n) is 3.23. The van der Waals surface area contributed by atoms with Gasteiger partial charge in [-0.25, -0.2) is 4.68 Å². The van der Waals surface area contributed by atoms with Crippen molar-refractivity contribution >= 4 is 11.6 Å². The number of rotatable bonds is 4. The Morgan fingerprint density at radius 2 is 2.05 bits per heavy atom. The van der Waals surface area contributed by atoms with Gasteiger partial charge in [-0.05, 0) is 18.6 Å². The molecule has 5 nitrogen and oxygen atoms in total. The zero-order valence-electron chi connectivity index (χ0n) is 11.3. The maximum Gasteiger partial charge on any atom is 0.163 e. The van der Waals surface area contributed by atoms with Gasteiger partial charge in [-0.2, -0.15) is 0 Å². The average molecular weight is 294 g/mol. The molecule has 20 heavy (non-hydrogen) atoms. The highest BCUT2D eigenvalue weighted by Crippen LogP contribution is 2.32. The number of nitrogens with zero attached hydrogens (tertiary/aromatic N) is 3. The first kappa shape index (κ1) is 13.2. The normalized spacial score (nSPS) is 13.5. The molecule has 6 heteroatoms. The van der Waals surface area contributed by atoms with Crippen molar-refractivity contribution in [2.24, 2.45) is 0 Å². The van der Waals surface area contributed by atoms with Crippen molar-refractivity contribution in [3.05, 3.63) is 29.6 Å². The van der Waals surface area contributed by atoms with Gasteiger partial charge >= 0.3 is 0 Å². The van der Waals surface area contributed by atoms with Crippen molar-refractivity contribution in [3.8, 4) is 17.2 Å². The van der Waals surface area contributed by atoms with Crippen LogP contribution in [0.4, 0.5) is 0 Å². The van der Waals surface area contributed by atoms with E-state index in [1.807, 2.05) is 22.9 Å². The summed E-state index contributed by atoms with van der Waals surface area (Å²) in [5, 5.41) is 8.36. The molecule has 0 unspecified atom stereocenters. The molecule has 1 aliphatic heterocycles. The Morgan fingerprint density at radius 1 is 1.25 bits per heavy atom. The van der Waals surface area contributed by atoms with Gasteiger partial charge in [-0.1, -0.05) is 18.6 Å². The van der Waals surface area contributed by atoms with E-state index in [-0.39, 0.29) is 0 Å². The molecular formula is C14H16ClN3O2. The molecule has 2 heterocycles. The molecule has 2 aromatic rings. The van der Waals surface area contributed by atoms with E-state index in [0.717, 1.165) is 41.4 Å². The predicted octanol–water partition coefficient (Wildman–Crippen LogP) is 2.73. The fourth-order valence-electron chi connectivity index (χ4n) is 2.29.